The van der Waals surface area contributed by atoms with Crippen LogP contribution in [0.15, 0.2) is 30.3 Å². The maximum Gasteiger partial charge on any atom is 0.416 e. The highest BCUT2D eigenvalue weighted by Crippen LogP contribution is 2.30. The quantitative estimate of drug-likeness (QED) is 0.676. The third kappa shape index (κ3) is 3.35. The van der Waals surface area contributed by atoms with Crippen LogP contribution in [0.3, 0.4) is 0 Å². The summed E-state index contributed by atoms with van der Waals surface area (Å²) in [6.07, 6.45) is -4.64. The molecule has 1 aromatic heterocycles. The van der Waals surface area contributed by atoms with Crippen molar-refractivity contribution in [3.05, 3.63) is 59.2 Å². The van der Waals surface area contributed by atoms with Gasteiger partial charge in [-0.1, -0.05) is 6.07 Å². The summed E-state index contributed by atoms with van der Waals surface area (Å²) in [5, 5.41) is 1.93. The Kier molecular flexibility index (Phi) is 4.07. The van der Waals surface area contributed by atoms with Crippen LogP contribution >= 0.6 is 0 Å². The van der Waals surface area contributed by atoms with E-state index in [0.717, 1.165) is 18.2 Å². The molecule has 3 nitrogen and oxygen atoms in total. The van der Waals surface area contributed by atoms with Crippen molar-refractivity contribution in [1.29, 1.82) is 0 Å². The average Bonchev–Trinajstić information content (AvgIpc) is 2.42. The summed E-state index contributed by atoms with van der Waals surface area (Å²) in [4.78, 5) is 14.2. The zero-order valence-electron chi connectivity index (χ0n) is 10.5. The van der Waals surface area contributed by atoms with Crippen LogP contribution in [0, 0.1) is 17.7 Å². The van der Waals surface area contributed by atoms with E-state index in [0.29, 0.717) is 12.1 Å². The van der Waals surface area contributed by atoms with Gasteiger partial charge in [0.15, 0.2) is 5.82 Å². The minimum absolute atomic E-state index is 0.308. The van der Waals surface area contributed by atoms with E-state index in [1.165, 1.54) is 0 Å². The summed E-state index contributed by atoms with van der Waals surface area (Å²) in [6.45, 7) is 0. The van der Waals surface area contributed by atoms with Gasteiger partial charge in [0.25, 0.3) is 11.9 Å². The van der Waals surface area contributed by atoms with E-state index >= 15 is 0 Å². The number of halogens is 6. The number of rotatable bonds is 2. The van der Waals surface area contributed by atoms with Crippen molar-refractivity contribution in [3.8, 4) is 0 Å². The van der Waals surface area contributed by atoms with Crippen LogP contribution in [0.2, 0.25) is 0 Å². The summed E-state index contributed by atoms with van der Waals surface area (Å²) in [5.41, 5.74) is -2.36. The Bertz CT molecular complexity index is 729. The molecule has 22 heavy (non-hydrogen) atoms. The number of alkyl halides is 3. The van der Waals surface area contributed by atoms with Gasteiger partial charge in [-0.2, -0.15) is 26.9 Å². The van der Waals surface area contributed by atoms with Gasteiger partial charge in [-0.15, -0.1) is 0 Å². The van der Waals surface area contributed by atoms with Crippen molar-refractivity contribution >= 4 is 11.6 Å². The minimum atomic E-state index is -4.64. The maximum absolute atomic E-state index is 13.4. The summed E-state index contributed by atoms with van der Waals surface area (Å²) in [5.74, 6) is -6.27. The molecule has 2 rings (SSSR count). The fourth-order valence-electron chi connectivity index (χ4n) is 1.61. The fraction of sp³-hybridized carbons (Fsp3) is 0.0769. The second kappa shape index (κ2) is 5.66. The third-order valence-corrected chi connectivity index (χ3v) is 2.58. The largest absolute Gasteiger partial charge is 0.416 e. The molecule has 0 unspecified atom stereocenters. The molecular weight excluding hydrogens is 314 g/mol. The number of nitrogens with zero attached hydrogens (tertiary/aromatic N) is 1. The molecule has 0 radical (unpaired) electrons. The van der Waals surface area contributed by atoms with Gasteiger partial charge in [0, 0.05) is 11.8 Å². The molecule has 1 N–H and O–H groups in total. The van der Waals surface area contributed by atoms with E-state index in [2.05, 4.69) is 4.98 Å². The molecule has 1 aromatic carbocycles. The molecule has 0 aliphatic heterocycles. The highest BCUT2D eigenvalue weighted by molar-refractivity contribution is 6.04. The first-order valence-electron chi connectivity index (χ1n) is 5.68. The SMILES string of the molecule is O=C(Nc1cccc(C(F)(F)F)c1)c1cc(F)nc(F)c1F. The Morgan fingerprint density at radius 1 is 1.09 bits per heavy atom. The van der Waals surface area contributed by atoms with Gasteiger partial charge in [0.1, 0.15) is 0 Å². The number of nitrogens with one attached hydrogen (secondary N) is 1. The monoisotopic (exact) mass is 320 g/mol. The first-order chi connectivity index (χ1) is 10.2. The molecule has 0 aliphatic carbocycles. The van der Waals surface area contributed by atoms with Crippen LogP contribution in [0.1, 0.15) is 15.9 Å². The van der Waals surface area contributed by atoms with E-state index in [1.807, 2.05) is 5.32 Å². The number of pyridine rings is 1. The van der Waals surface area contributed by atoms with Crippen molar-refractivity contribution in [3.63, 3.8) is 0 Å². The number of aromatic nitrogens is 1. The average molecular weight is 320 g/mol. The molecule has 0 saturated carbocycles. The van der Waals surface area contributed by atoms with Gasteiger partial charge in [0.2, 0.25) is 5.95 Å². The number of anilines is 1. The van der Waals surface area contributed by atoms with Crippen LogP contribution in [-0.4, -0.2) is 10.9 Å². The van der Waals surface area contributed by atoms with E-state index in [1.54, 1.807) is 0 Å². The Morgan fingerprint density at radius 3 is 2.41 bits per heavy atom. The van der Waals surface area contributed by atoms with Crippen LogP contribution in [-0.2, 0) is 6.18 Å². The van der Waals surface area contributed by atoms with Gasteiger partial charge in [-0.05, 0) is 18.2 Å². The number of benzene rings is 1. The molecular formula is C13H6F6N2O. The molecule has 0 atom stereocenters. The van der Waals surface area contributed by atoms with Crippen LogP contribution < -0.4 is 5.32 Å². The molecule has 0 aliphatic rings. The Labute approximate surface area is 119 Å². The number of hydrogen-bond donors (Lipinski definition) is 1. The zero-order chi connectivity index (χ0) is 16.5. The second-order valence-electron chi connectivity index (χ2n) is 4.13. The van der Waals surface area contributed by atoms with E-state index in [9.17, 15) is 31.1 Å². The van der Waals surface area contributed by atoms with Crippen molar-refractivity contribution < 1.29 is 31.1 Å². The maximum atomic E-state index is 13.4. The Hall–Kier alpha value is -2.58. The van der Waals surface area contributed by atoms with E-state index in [4.69, 9.17) is 0 Å². The molecule has 1 amide bonds. The van der Waals surface area contributed by atoms with Gasteiger partial charge < -0.3 is 5.32 Å². The third-order valence-electron chi connectivity index (χ3n) is 2.58. The lowest BCUT2D eigenvalue weighted by atomic mass is 10.2. The fourth-order valence-corrected chi connectivity index (χ4v) is 1.61. The predicted molar refractivity (Wildman–Crippen MR) is 63.5 cm³/mol. The molecule has 116 valence electrons. The molecule has 0 fully saturated rings. The van der Waals surface area contributed by atoms with Crippen molar-refractivity contribution in [2.45, 2.75) is 6.18 Å². The standard InChI is InChI=1S/C13H6F6N2O/c14-9-5-8(10(15)11(16)21-9)12(22)20-7-3-1-2-6(4-7)13(17,18)19/h1-5H,(H,20,22). The topological polar surface area (TPSA) is 42.0 Å². The summed E-state index contributed by atoms with van der Waals surface area (Å²) in [6, 6.07) is 3.83. The Morgan fingerprint density at radius 2 is 1.77 bits per heavy atom. The summed E-state index contributed by atoms with van der Waals surface area (Å²) >= 11 is 0. The van der Waals surface area contributed by atoms with E-state index in [-0.39, 0.29) is 5.69 Å². The first-order valence-corrected chi connectivity index (χ1v) is 5.68. The summed E-state index contributed by atoms with van der Waals surface area (Å²) in [7, 11) is 0. The molecule has 9 heteroatoms. The molecule has 0 saturated heterocycles. The van der Waals surface area contributed by atoms with Crippen molar-refractivity contribution in [2.75, 3.05) is 5.32 Å². The molecule has 1 heterocycles. The molecule has 2 aromatic rings. The smallest absolute Gasteiger partial charge is 0.322 e. The lowest BCUT2D eigenvalue weighted by Gasteiger charge is -2.10. The number of amides is 1. The lowest BCUT2D eigenvalue weighted by Crippen LogP contribution is -2.16. The molecule has 0 bridgehead atoms. The highest BCUT2D eigenvalue weighted by atomic mass is 19.4. The van der Waals surface area contributed by atoms with Crippen LogP contribution in [0.5, 0.6) is 0 Å². The highest BCUT2D eigenvalue weighted by Gasteiger charge is 2.30. The van der Waals surface area contributed by atoms with Gasteiger partial charge in [-0.3, -0.25) is 4.79 Å². The zero-order valence-corrected chi connectivity index (χ0v) is 10.5. The van der Waals surface area contributed by atoms with Gasteiger partial charge in [-0.25, -0.2) is 4.39 Å². The van der Waals surface area contributed by atoms with E-state index < -0.39 is 40.9 Å². The van der Waals surface area contributed by atoms with Crippen molar-refractivity contribution in [1.82, 2.24) is 4.98 Å². The minimum Gasteiger partial charge on any atom is -0.322 e. The number of carbonyl (C=O) groups is 1. The van der Waals surface area contributed by atoms with Gasteiger partial charge in [0.05, 0.1) is 11.1 Å². The van der Waals surface area contributed by atoms with Gasteiger partial charge >= 0.3 is 6.18 Å². The normalized spacial score (nSPS) is 11.4. The molecule has 0 spiro atoms. The second-order valence-corrected chi connectivity index (χ2v) is 4.13. The number of hydrogen-bond acceptors (Lipinski definition) is 2. The van der Waals surface area contributed by atoms with Crippen LogP contribution in [0.4, 0.5) is 32.0 Å². The summed E-state index contributed by atoms with van der Waals surface area (Å²) < 4.78 is 76.7. The first kappa shape index (κ1) is 15.8. The predicted octanol–water partition coefficient (Wildman–Crippen LogP) is 3.77. The van der Waals surface area contributed by atoms with Crippen LogP contribution in [0.25, 0.3) is 0 Å². The van der Waals surface area contributed by atoms with Crippen molar-refractivity contribution in [2.24, 2.45) is 0 Å². The number of carbonyl (C=O) groups excluding carboxylic acids is 1. The lowest BCUT2D eigenvalue weighted by molar-refractivity contribution is -0.137. The Balaban J connectivity index is 2.30.